The highest BCUT2D eigenvalue weighted by atomic mass is 32.2. The minimum Gasteiger partial charge on any atom is -0.440 e. The van der Waals surface area contributed by atoms with Gasteiger partial charge in [-0.15, -0.1) is 0 Å². The predicted molar refractivity (Wildman–Crippen MR) is 57.6 cm³/mol. The van der Waals surface area contributed by atoms with Crippen LogP contribution in [-0.4, -0.2) is 22.0 Å². The second-order valence-electron chi connectivity index (χ2n) is 2.73. The fourth-order valence-electron chi connectivity index (χ4n) is 0.976. The van der Waals surface area contributed by atoms with E-state index in [0.717, 1.165) is 11.5 Å². The molecule has 2 aromatic heterocycles. The molecule has 1 N–H and O–H groups in total. The van der Waals surface area contributed by atoms with E-state index in [2.05, 4.69) is 20.3 Å². The van der Waals surface area contributed by atoms with Crippen molar-refractivity contribution in [2.75, 3.05) is 12.4 Å². The van der Waals surface area contributed by atoms with Gasteiger partial charge in [0, 0.05) is 12.8 Å². The molecule has 2 rings (SSSR count). The van der Waals surface area contributed by atoms with Gasteiger partial charge in [0.05, 0.1) is 24.3 Å². The molecule has 0 aromatic carbocycles. The summed E-state index contributed by atoms with van der Waals surface area (Å²) in [6.45, 7) is 0. The van der Waals surface area contributed by atoms with Crippen LogP contribution in [0.15, 0.2) is 34.5 Å². The maximum atomic E-state index is 5.09. The van der Waals surface area contributed by atoms with Gasteiger partial charge in [0.1, 0.15) is 12.1 Å². The Hall–Kier alpha value is -1.56. The monoisotopic (exact) mass is 222 g/mol. The minimum atomic E-state index is 0.648. The predicted octanol–water partition coefficient (Wildman–Crippen LogP) is 1.80. The molecule has 0 saturated carbocycles. The van der Waals surface area contributed by atoms with E-state index in [1.54, 1.807) is 24.9 Å². The van der Waals surface area contributed by atoms with Crippen LogP contribution in [0.1, 0.15) is 5.69 Å². The van der Waals surface area contributed by atoms with Crippen molar-refractivity contribution in [1.82, 2.24) is 15.0 Å². The third-order valence-electron chi connectivity index (χ3n) is 1.71. The van der Waals surface area contributed by atoms with Crippen LogP contribution in [0.4, 0.5) is 5.82 Å². The molecule has 0 fully saturated rings. The van der Waals surface area contributed by atoms with Gasteiger partial charge >= 0.3 is 0 Å². The average molecular weight is 222 g/mol. The van der Waals surface area contributed by atoms with E-state index in [0.29, 0.717) is 11.0 Å². The maximum Gasteiger partial charge on any atom is 0.255 e. The lowest BCUT2D eigenvalue weighted by Gasteiger charge is -1.99. The Morgan fingerprint density at radius 3 is 2.87 bits per heavy atom. The number of nitrogens with one attached hydrogen (secondary N) is 1. The van der Waals surface area contributed by atoms with Gasteiger partial charge in [-0.3, -0.25) is 4.98 Å². The van der Waals surface area contributed by atoms with Crippen molar-refractivity contribution in [2.45, 2.75) is 11.0 Å². The van der Waals surface area contributed by atoms with Crippen molar-refractivity contribution in [3.63, 3.8) is 0 Å². The van der Waals surface area contributed by atoms with Crippen molar-refractivity contribution in [1.29, 1.82) is 0 Å². The molecule has 78 valence electrons. The molecule has 0 radical (unpaired) electrons. The molecule has 0 aliphatic heterocycles. The molecule has 0 atom stereocenters. The highest BCUT2D eigenvalue weighted by Gasteiger charge is 2.01. The first kappa shape index (κ1) is 9.97. The van der Waals surface area contributed by atoms with E-state index in [-0.39, 0.29) is 0 Å². The molecular weight excluding hydrogens is 212 g/mol. The summed E-state index contributed by atoms with van der Waals surface area (Å²) in [4.78, 5) is 12.4. The molecule has 0 saturated heterocycles. The van der Waals surface area contributed by atoms with E-state index >= 15 is 0 Å². The standard InChI is InChI=1S/C9H10N4OS/c1-10-8-5-12-7(4-13-8)6-15-9-11-2-3-14-9/h2-5H,6H2,1H3,(H,10,13). The zero-order chi connectivity index (χ0) is 10.5. The summed E-state index contributed by atoms with van der Waals surface area (Å²) in [7, 11) is 1.81. The molecule has 5 nitrogen and oxygen atoms in total. The zero-order valence-corrected chi connectivity index (χ0v) is 8.99. The van der Waals surface area contributed by atoms with Gasteiger partial charge in [-0.25, -0.2) is 9.97 Å². The molecule has 6 heteroatoms. The number of anilines is 1. The van der Waals surface area contributed by atoms with Crippen molar-refractivity contribution in [3.8, 4) is 0 Å². The van der Waals surface area contributed by atoms with Crippen LogP contribution in [0.5, 0.6) is 0 Å². The summed E-state index contributed by atoms with van der Waals surface area (Å²) in [6, 6.07) is 0. The molecule has 15 heavy (non-hydrogen) atoms. The Morgan fingerprint density at radius 1 is 1.33 bits per heavy atom. The molecule has 0 spiro atoms. The molecule has 0 unspecified atom stereocenters. The van der Waals surface area contributed by atoms with Crippen LogP contribution in [0.3, 0.4) is 0 Å². The molecule has 2 heterocycles. The van der Waals surface area contributed by atoms with E-state index in [4.69, 9.17) is 4.42 Å². The van der Waals surface area contributed by atoms with Gasteiger partial charge in [-0.05, 0) is 0 Å². The van der Waals surface area contributed by atoms with E-state index in [1.807, 2.05) is 7.05 Å². The normalized spacial score (nSPS) is 10.2. The van der Waals surface area contributed by atoms with Gasteiger partial charge in [-0.1, -0.05) is 11.8 Å². The Labute approximate surface area is 91.3 Å². The Balaban J connectivity index is 1.93. The second-order valence-corrected chi connectivity index (χ2v) is 3.66. The molecular formula is C9H10N4OS. The maximum absolute atomic E-state index is 5.09. The van der Waals surface area contributed by atoms with Crippen LogP contribution in [0, 0.1) is 0 Å². The van der Waals surface area contributed by atoms with Gasteiger partial charge in [0.2, 0.25) is 0 Å². The zero-order valence-electron chi connectivity index (χ0n) is 8.17. The Kier molecular flexibility index (Phi) is 3.18. The largest absolute Gasteiger partial charge is 0.440 e. The first-order valence-electron chi connectivity index (χ1n) is 4.39. The van der Waals surface area contributed by atoms with Crippen molar-refractivity contribution >= 4 is 17.6 Å². The van der Waals surface area contributed by atoms with Crippen LogP contribution < -0.4 is 5.32 Å². The quantitative estimate of drug-likeness (QED) is 0.796. The highest BCUT2D eigenvalue weighted by Crippen LogP contribution is 2.19. The molecule has 2 aromatic rings. The van der Waals surface area contributed by atoms with Crippen LogP contribution >= 0.6 is 11.8 Å². The minimum absolute atomic E-state index is 0.648. The second kappa shape index (κ2) is 4.79. The van der Waals surface area contributed by atoms with Gasteiger partial charge < -0.3 is 9.73 Å². The molecule has 0 aliphatic carbocycles. The van der Waals surface area contributed by atoms with Gasteiger partial charge in [-0.2, -0.15) is 0 Å². The first-order chi connectivity index (χ1) is 7.38. The van der Waals surface area contributed by atoms with E-state index < -0.39 is 0 Å². The third-order valence-corrected chi connectivity index (χ3v) is 2.60. The first-order valence-corrected chi connectivity index (χ1v) is 5.38. The molecule has 0 aliphatic rings. The van der Waals surface area contributed by atoms with Crippen LogP contribution in [-0.2, 0) is 5.75 Å². The number of rotatable bonds is 4. The Morgan fingerprint density at radius 2 is 2.27 bits per heavy atom. The summed E-state index contributed by atoms with van der Waals surface area (Å²) in [6.07, 6.45) is 6.61. The fourth-order valence-corrected chi connectivity index (χ4v) is 1.66. The Bertz CT molecular complexity index is 401. The summed E-state index contributed by atoms with van der Waals surface area (Å²) in [5.74, 6) is 1.47. The topological polar surface area (TPSA) is 63.8 Å². The SMILES string of the molecule is CNc1cnc(CSc2ncco2)cn1. The summed E-state index contributed by atoms with van der Waals surface area (Å²) in [5, 5.41) is 3.56. The number of oxazole rings is 1. The number of hydrogen-bond donors (Lipinski definition) is 1. The van der Waals surface area contributed by atoms with Crippen LogP contribution in [0.25, 0.3) is 0 Å². The third kappa shape index (κ3) is 2.69. The van der Waals surface area contributed by atoms with E-state index in [1.165, 1.54) is 11.8 Å². The molecule has 0 bridgehead atoms. The lowest BCUT2D eigenvalue weighted by molar-refractivity contribution is 0.454. The summed E-state index contributed by atoms with van der Waals surface area (Å²) in [5.41, 5.74) is 0.900. The van der Waals surface area contributed by atoms with Gasteiger partial charge in [0.15, 0.2) is 0 Å². The lowest BCUT2D eigenvalue weighted by Crippen LogP contribution is -1.95. The average Bonchev–Trinajstić information content (AvgIpc) is 2.80. The highest BCUT2D eigenvalue weighted by molar-refractivity contribution is 7.98. The lowest BCUT2D eigenvalue weighted by atomic mass is 10.5. The summed E-state index contributed by atoms with van der Waals surface area (Å²) < 4.78 is 5.09. The van der Waals surface area contributed by atoms with Crippen molar-refractivity contribution in [3.05, 3.63) is 30.5 Å². The van der Waals surface area contributed by atoms with Crippen molar-refractivity contribution < 1.29 is 4.42 Å². The fraction of sp³-hybridized carbons (Fsp3) is 0.222. The number of aromatic nitrogens is 3. The number of nitrogens with zero attached hydrogens (tertiary/aromatic N) is 3. The summed E-state index contributed by atoms with van der Waals surface area (Å²) >= 11 is 1.49. The van der Waals surface area contributed by atoms with Crippen LogP contribution in [0.2, 0.25) is 0 Å². The number of hydrogen-bond acceptors (Lipinski definition) is 6. The van der Waals surface area contributed by atoms with Gasteiger partial charge in [0.25, 0.3) is 5.22 Å². The smallest absolute Gasteiger partial charge is 0.255 e. The molecule has 0 amide bonds. The van der Waals surface area contributed by atoms with E-state index in [9.17, 15) is 0 Å². The van der Waals surface area contributed by atoms with Crippen molar-refractivity contribution in [2.24, 2.45) is 0 Å². The number of thioether (sulfide) groups is 1.